The lowest BCUT2D eigenvalue weighted by atomic mass is 10.2. The Morgan fingerprint density at radius 3 is 2.91 bits per heavy atom. The molecule has 0 radical (unpaired) electrons. The van der Waals surface area contributed by atoms with Gasteiger partial charge in [-0.1, -0.05) is 17.7 Å². The third-order valence-corrected chi connectivity index (χ3v) is 5.22. The molecule has 0 spiro atoms. The number of nitrogens with one attached hydrogen (secondary N) is 3. The quantitative estimate of drug-likeness (QED) is 0.336. The van der Waals surface area contributed by atoms with E-state index in [-0.39, 0.29) is 17.6 Å². The molecule has 12 heteroatoms. The molecule has 3 aromatic heterocycles. The zero-order valence-electron chi connectivity index (χ0n) is 17.0. The van der Waals surface area contributed by atoms with Crippen molar-refractivity contribution in [3.63, 3.8) is 0 Å². The maximum atomic E-state index is 11.4. The second kappa shape index (κ2) is 8.00. The lowest BCUT2D eigenvalue weighted by molar-refractivity contribution is 0.415. The summed E-state index contributed by atoms with van der Waals surface area (Å²) in [6.07, 6.45) is 5.18. The average Bonchev–Trinajstić information content (AvgIpc) is 3.40. The van der Waals surface area contributed by atoms with Gasteiger partial charge in [-0.15, -0.1) is 0 Å². The molecule has 1 fully saturated rings. The van der Waals surface area contributed by atoms with Gasteiger partial charge in [0.05, 0.1) is 24.4 Å². The standard InChI is InChI=1S/C20H19ClN8O3/c1-32-15-5-2-10(6-13(15)21)8-22-18-26-16-11(7-14-17(30)27-20(31)25-14)9-23-29(16)19(28-18)24-12-3-4-12/h2,5-7,9,12,30H,3-4,8H2,1H3,(H,22,24,28)(H2,25,27,31)/b11-7+. The van der Waals surface area contributed by atoms with Gasteiger partial charge in [0.2, 0.25) is 11.8 Å². The van der Waals surface area contributed by atoms with Crippen LogP contribution in [0.4, 0.5) is 5.95 Å². The lowest BCUT2D eigenvalue weighted by Crippen LogP contribution is -2.24. The molecule has 0 aliphatic heterocycles. The van der Waals surface area contributed by atoms with Gasteiger partial charge in [0.1, 0.15) is 11.4 Å². The van der Waals surface area contributed by atoms with Crippen LogP contribution >= 0.6 is 11.6 Å². The van der Waals surface area contributed by atoms with Gasteiger partial charge in [-0.05, 0) is 36.6 Å². The van der Waals surface area contributed by atoms with E-state index in [1.54, 1.807) is 30.0 Å². The summed E-state index contributed by atoms with van der Waals surface area (Å²) in [4.78, 5) is 30.0. The van der Waals surface area contributed by atoms with Gasteiger partial charge in [-0.3, -0.25) is 4.98 Å². The van der Waals surface area contributed by atoms with Crippen LogP contribution in [0.3, 0.4) is 0 Å². The summed E-state index contributed by atoms with van der Waals surface area (Å²) in [5, 5.41) is 18.5. The van der Waals surface area contributed by atoms with E-state index in [1.807, 2.05) is 12.1 Å². The van der Waals surface area contributed by atoms with E-state index in [0.717, 1.165) is 18.4 Å². The fourth-order valence-electron chi connectivity index (χ4n) is 3.16. The highest BCUT2D eigenvalue weighted by molar-refractivity contribution is 6.32. The van der Waals surface area contributed by atoms with Crippen molar-refractivity contribution >= 4 is 29.3 Å². The summed E-state index contributed by atoms with van der Waals surface area (Å²) >= 11 is 6.21. The molecule has 4 N–H and O–H groups in total. The molecule has 164 valence electrons. The molecule has 1 aliphatic carbocycles. The number of hydrogen-bond acceptors (Lipinski definition) is 8. The summed E-state index contributed by atoms with van der Waals surface area (Å²) in [5.74, 6) is 0.705. The smallest absolute Gasteiger partial charge is 0.326 e. The number of aromatic nitrogens is 6. The minimum Gasteiger partial charge on any atom is -0.495 e. The van der Waals surface area contributed by atoms with E-state index in [0.29, 0.717) is 39.7 Å². The van der Waals surface area contributed by atoms with Crippen molar-refractivity contribution in [2.45, 2.75) is 25.4 Å². The zero-order valence-corrected chi connectivity index (χ0v) is 17.7. The van der Waals surface area contributed by atoms with Crippen molar-refractivity contribution in [2.24, 2.45) is 4.99 Å². The number of anilines is 1. The van der Waals surface area contributed by atoms with Crippen LogP contribution in [-0.2, 0) is 6.54 Å². The fourth-order valence-corrected chi connectivity index (χ4v) is 3.44. The number of imidazole rings is 1. The first-order valence-corrected chi connectivity index (χ1v) is 10.3. The molecule has 32 heavy (non-hydrogen) atoms. The van der Waals surface area contributed by atoms with Gasteiger partial charge in [0.25, 0.3) is 5.62 Å². The Labute approximate surface area is 185 Å². The van der Waals surface area contributed by atoms with Crippen LogP contribution in [0.25, 0.3) is 11.7 Å². The van der Waals surface area contributed by atoms with Gasteiger partial charge >= 0.3 is 5.69 Å². The monoisotopic (exact) mass is 454 g/mol. The number of methoxy groups -OCH3 is 1. The maximum Gasteiger partial charge on any atom is 0.326 e. The maximum absolute atomic E-state index is 11.4. The first kappa shape index (κ1) is 20.1. The highest BCUT2D eigenvalue weighted by Crippen LogP contribution is 2.25. The number of aromatic hydroxyl groups is 1. The summed E-state index contributed by atoms with van der Waals surface area (Å²) in [6, 6.07) is 5.73. The minimum atomic E-state index is -0.509. The zero-order chi connectivity index (χ0) is 22.2. The molecule has 0 bridgehead atoms. The van der Waals surface area contributed by atoms with E-state index in [1.165, 1.54) is 0 Å². The number of fused-ring (bicyclic) bond motifs is 1. The predicted octanol–water partition coefficient (Wildman–Crippen LogP) is 0.731. The Bertz CT molecular complexity index is 1490. The Hall–Kier alpha value is -3.86. The third-order valence-electron chi connectivity index (χ3n) is 4.93. The van der Waals surface area contributed by atoms with Gasteiger partial charge < -0.3 is 20.1 Å². The van der Waals surface area contributed by atoms with Crippen LogP contribution in [0.15, 0.2) is 34.2 Å². The summed E-state index contributed by atoms with van der Waals surface area (Å²) < 4.78 is 6.73. The first-order valence-electron chi connectivity index (χ1n) is 9.89. The molecule has 3 heterocycles. The second-order valence-electron chi connectivity index (χ2n) is 7.35. The molecule has 4 aromatic rings. The van der Waals surface area contributed by atoms with Crippen molar-refractivity contribution in [3.05, 3.63) is 62.0 Å². The highest BCUT2D eigenvalue weighted by atomic mass is 35.5. The van der Waals surface area contributed by atoms with Gasteiger partial charge in [0.15, 0.2) is 5.65 Å². The van der Waals surface area contributed by atoms with Crippen molar-refractivity contribution in [1.29, 1.82) is 0 Å². The molecule has 1 aromatic carbocycles. The van der Waals surface area contributed by atoms with Crippen molar-refractivity contribution in [2.75, 3.05) is 12.4 Å². The van der Waals surface area contributed by atoms with Crippen molar-refractivity contribution < 1.29 is 9.84 Å². The number of ether oxygens (including phenoxy) is 1. The topological polar surface area (TPSA) is 146 Å². The largest absolute Gasteiger partial charge is 0.495 e. The molecule has 0 saturated heterocycles. The average molecular weight is 455 g/mol. The molecular formula is C20H19ClN8O3. The van der Waals surface area contributed by atoms with E-state index in [4.69, 9.17) is 16.3 Å². The molecule has 1 aliphatic rings. The van der Waals surface area contributed by atoms with Crippen LogP contribution in [0, 0.1) is 0 Å². The molecule has 5 rings (SSSR count). The van der Waals surface area contributed by atoms with Crippen LogP contribution in [-0.4, -0.2) is 47.8 Å². The lowest BCUT2D eigenvalue weighted by Gasteiger charge is -2.08. The Kier molecular flexibility index (Phi) is 5.02. The van der Waals surface area contributed by atoms with Crippen molar-refractivity contribution in [1.82, 2.24) is 29.5 Å². The molecular weight excluding hydrogens is 436 g/mol. The number of rotatable bonds is 6. The third kappa shape index (κ3) is 4.02. The van der Waals surface area contributed by atoms with Crippen LogP contribution in [0.1, 0.15) is 24.1 Å². The minimum absolute atomic E-state index is 0.225. The van der Waals surface area contributed by atoms with E-state index in [9.17, 15) is 9.90 Å². The molecule has 0 atom stereocenters. The summed E-state index contributed by atoms with van der Waals surface area (Å²) in [7, 11) is 1.57. The van der Waals surface area contributed by atoms with Crippen LogP contribution in [0.5, 0.6) is 11.6 Å². The Morgan fingerprint density at radius 2 is 2.22 bits per heavy atom. The molecule has 0 amide bonds. The van der Waals surface area contributed by atoms with Gasteiger partial charge in [-0.2, -0.15) is 19.6 Å². The predicted molar refractivity (Wildman–Crippen MR) is 117 cm³/mol. The Balaban J connectivity index is 1.55. The second-order valence-corrected chi connectivity index (χ2v) is 7.76. The van der Waals surface area contributed by atoms with Gasteiger partial charge in [0, 0.05) is 11.8 Å². The van der Waals surface area contributed by atoms with E-state index in [2.05, 4.69) is 35.3 Å². The number of nitrogens with zero attached hydrogens (tertiary/aromatic N) is 5. The number of hydrogen-bond donors (Lipinski definition) is 4. The van der Waals surface area contributed by atoms with Gasteiger partial charge in [-0.25, -0.2) is 9.79 Å². The number of benzene rings is 1. The molecule has 0 unspecified atom stereocenters. The molecule has 1 saturated carbocycles. The van der Waals surface area contributed by atoms with E-state index >= 15 is 0 Å². The van der Waals surface area contributed by atoms with Crippen molar-refractivity contribution in [3.8, 4) is 11.6 Å². The van der Waals surface area contributed by atoms with Crippen LogP contribution in [0.2, 0.25) is 5.02 Å². The van der Waals surface area contributed by atoms with E-state index < -0.39 is 5.69 Å². The first-order chi connectivity index (χ1) is 15.5. The summed E-state index contributed by atoms with van der Waals surface area (Å²) in [6.45, 7) is 0.432. The SMILES string of the molecule is COc1ccc(CNc2nc(=NC3CC3)n3nc/c(=C\c4[nH]c(=O)[nH]c4O)c3n2)cc1Cl. The number of halogens is 1. The summed E-state index contributed by atoms with van der Waals surface area (Å²) in [5.41, 5.74) is 1.56. The number of aromatic amines is 2. The molecule has 11 nitrogen and oxygen atoms in total. The normalized spacial score (nSPS) is 14.9. The highest BCUT2D eigenvalue weighted by Gasteiger charge is 2.21. The fraction of sp³-hybridized carbons (Fsp3) is 0.250. The number of H-pyrrole nitrogens is 2. The van der Waals surface area contributed by atoms with Crippen LogP contribution < -0.4 is 26.6 Å². The Morgan fingerprint density at radius 1 is 1.38 bits per heavy atom.